The van der Waals surface area contributed by atoms with Gasteiger partial charge in [0.15, 0.2) is 0 Å². The Kier molecular flexibility index (Phi) is 4.53. The molecule has 0 N–H and O–H groups in total. The predicted octanol–water partition coefficient (Wildman–Crippen LogP) is 3.63. The van der Waals surface area contributed by atoms with Crippen LogP contribution < -0.4 is 4.90 Å². The Morgan fingerprint density at radius 1 is 1.29 bits per heavy atom. The fourth-order valence-corrected chi connectivity index (χ4v) is 3.30. The van der Waals surface area contributed by atoms with Crippen molar-refractivity contribution >= 4 is 33.6 Å². The molecule has 1 aromatic heterocycles. The topological polar surface area (TPSA) is 38.3 Å². The number of aromatic nitrogens is 2. The standard InChI is InChI=1S/C15H16ClN3OS/c1-20-10-14-17-18-15(21-14)19-8-6-12(7-9-19)11-2-4-13(16)5-3-11/h2-6H,7-10H2,1H3. The normalized spacial score (nSPS) is 15.1. The van der Waals surface area contributed by atoms with E-state index in [9.17, 15) is 0 Å². The highest BCUT2D eigenvalue weighted by molar-refractivity contribution is 7.15. The van der Waals surface area contributed by atoms with Crippen molar-refractivity contribution < 1.29 is 4.74 Å². The molecule has 0 spiro atoms. The van der Waals surface area contributed by atoms with E-state index in [0.29, 0.717) is 6.61 Å². The fraction of sp³-hybridized carbons (Fsp3) is 0.333. The summed E-state index contributed by atoms with van der Waals surface area (Å²) in [5.74, 6) is 0. The number of halogens is 1. The van der Waals surface area contributed by atoms with E-state index in [4.69, 9.17) is 16.3 Å². The average molecular weight is 322 g/mol. The summed E-state index contributed by atoms with van der Waals surface area (Å²) in [7, 11) is 1.67. The smallest absolute Gasteiger partial charge is 0.208 e. The molecule has 21 heavy (non-hydrogen) atoms. The van der Waals surface area contributed by atoms with Gasteiger partial charge >= 0.3 is 0 Å². The minimum Gasteiger partial charge on any atom is -0.377 e. The summed E-state index contributed by atoms with van der Waals surface area (Å²) in [6.45, 7) is 2.34. The van der Waals surface area contributed by atoms with Crippen molar-refractivity contribution in [2.45, 2.75) is 13.0 Å². The van der Waals surface area contributed by atoms with Crippen molar-refractivity contribution in [3.05, 3.63) is 45.9 Å². The first kappa shape index (κ1) is 14.5. The second-order valence-corrected chi connectivity index (χ2v) is 6.32. The second kappa shape index (κ2) is 6.56. The lowest BCUT2D eigenvalue weighted by Crippen LogP contribution is -2.28. The summed E-state index contributed by atoms with van der Waals surface area (Å²) in [4.78, 5) is 2.25. The number of nitrogens with zero attached hydrogens (tertiary/aromatic N) is 3. The number of ether oxygens (including phenoxy) is 1. The van der Waals surface area contributed by atoms with Gasteiger partial charge < -0.3 is 9.64 Å². The molecule has 110 valence electrons. The Morgan fingerprint density at radius 3 is 2.76 bits per heavy atom. The molecule has 2 heterocycles. The SMILES string of the molecule is COCc1nnc(N2CC=C(c3ccc(Cl)cc3)CC2)s1. The van der Waals surface area contributed by atoms with E-state index in [1.54, 1.807) is 18.4 Å². The lowest BCUT2D eigenvalue weighted by Gasteiger charge is -2.25. The molecule has 0 aliphatic carbocycles. The maximum absolute atomic E-state index is 5.93. The van der Waals surface area contributed by atoms with Gasteiger partial charge in [0.05, 0.1) is 0 Å². The molecule has 0 saturated heterocycles. The number of methoxy groups -OCH3 is 1. The second-order valence-electron chi connectivity index (χ2n) is 4.84. The Balaban J connectivity index is 1.69. The van der Waals surface area contributed by atoms with Gasteiger partial charge in [0.25, 0.3) is 0 Å². The van der Waals surface area contributed by atoms with Crippen LogP contribution in [0.4, 0.5) is 5.13 Å². The van der Waals surface area contributed by atoms with E-state index in [2.05, 4.69) is 33.3 Å². The van der Waals surface area contributed by atoms with Gasteiger partial charge in [0, 0.05) is 25.2 Å². The van der Waals surface area contributed by atoms with Crippen molar-refractivity contribution in [2.24, 2.45) is 0 Å². The first-order valence-corrected chi connectivity index (χ1v) is 7.97. The molecule has 0 unspecified atom stereocenters. The Bertz CT molecular complexity index is 639. The van der Waals surface area contributed by atoms with Crippen molar-refractivity contribution in [1.82, 2.24) is 10.2 Å². The van der Waals surface area contributed by atoms with Gasteiger partial charge in [-0.25, -0.2) is 0 Å². The van der Waals surface area contributed by atoms with Crippen LogP contribution in [0.5, 0.6) is 0 Å². The molecule has 4 nitrogen and oxygen atoms in total. The van der Waals surface area contributed by atoms with Gasteiger partial charge in [-0.05, 0) is 29.7 Å². The quantitative estimate of drug-likeness (QED) is 0.862. The van der Waals surface area contributed by atoms with Crippen LogP contribution in [0.1, 0.15) is 17.0 Å². The zero-order chi connectivity index (χ0) is 14.7. The summed E-state index contributed by atoms with van der Waals surface area (Å²) >= 11 is 7.53. The summed E-state index contributed by atoms with van der Waals surface area (Å²) < 4.78 is 5.08. The number of anilines is 1. The van der Waals surface area contributed by atoms with E-state index < -0.39 is 0 Å². The maximum atomic E-state index is 5.93. The van der Waals surface area contributed by atoms with Gasteiger partial charge in [-0.15, -0.1) is 10.2 Å². The van der Waals surface area contributed by atoms with Gasteiger partial charge in [-0.1, -0.05) is 41.1 Å². The first-order chi connectivity index (χ1) is 10.3. The van der Waals surface area contributed by atoms with Crippen LogP contribution in [0.3, 0.4) is 0 Å². The third-order valence-corrected chi connectivity index (χ3v) is 4.63. The summed E-state index contributed by atoms with van der Waals surface area (Å²) in [6.07, 6.45) is 3.25. The molecule has 3 rings (SSSR count). The molecular weight excluding hydrogens is 306 g/mol. The van der Waals surface area contributed by atoms with Crippen LogP contribution in [0.2, 0.25) is 5.02 Å². The Morgan fingerprint density at radius 2 is 2.10 bits per heavy atom. The average Bonchev–Trinajstić information content (AvgIpc) is 2.97. The molecule has 0 atom stereocenters. The minimum absolute atomic E-state index is 0.525. The molecule has 0 saturated carbocycles. The van der Waals surface area contributed by atoms with E-state index >= 15 is 0 Å². The van der Waals surface area contributed by atoms with Crippen molar-refractivity contribution in [1.29, 1.82) is 0 Å². The van der Waals surface area contributed by atoms with Gasteiger partial charge in [0.1, 0.15) is 11.6 Å². The predicted molar refractivity (Wildman–Crippen MR) is 86.9 cm³/mol. The molecule has 2 aromatic rings. The molecule has 6 heteroatoms. The zero-order valence-corrected chi connectivity index (χ0v) is 13.3. The van der Waals surface area contributed by atoms with Crippen molar-refractivity contribution in [2.75, 3.05) is 25.1 Å². The van der Waals surface area contributed by atoms with Gasteiger partial charge in [0.2, 0.25) is 5.13 Å². The number of hydrogen-bond acceptors (Lipinski definition) is 5. The zero-order valence-electron chi connectivity index (χ0n) is 11.8. The van der Waals surface area contributed by atoms with Crippen LogP contribution in [0, 0.1) is 0 Å². The van der Waals surface area contributed by atoms with Crippen molar-refractivity contribution in [3.63, 3.8) is 0 Å². The highest BCUT2D eigenvalue weighted by atomic mass is 35.5. The third kappa shape index (κ3) is 3.43. The fourth-order valence-electron chi connectivity index (χ4n) is 2.32. The summed E-state index contributed by atoms with van der Waals surface area (Å²) in [6, 6.07) is 8.02. The largest absolute Gasteiger partial charge is 0.377 e. The highest BCUT2D eigenvalue weighted by Gasteiger charge is 2.17. The molecular formula is C15H16ClN3OS. The molecule has 1 aliphatic rings. The lowest BCUT2D eigenvalue weighted by atomic mass is 10.00. The minimum atomic E-state index is 0.525. The van der Waals surface area contributed by atoms with Crippen LogP contribution in [0.15, 0.2) is 30.3 Å². The van der Waals surface area contributed by atoms with E-state index in [-0.39, 0.29) is 0 Å². The van der Waals surface area contributed by atoms with Gasteiger partial charge in [-0.2, -0.15) is 0 Å². The molecule has 1 aliphatic heterocycles. The number of hydrogen-bond donors (Lipinski definition) is 0. The summed E-state index contributed by atoms with van der Waals surface area (Å²) in [5, 5.41) is 11.0. The number of benzene rings is 1. The van der Waals surface area contributed by atoms with E-state index in [1.807, 2.05) is 12.1 Å². The molecule has 0 fully saturated rings. The van der Waals surface area contributed by atoms with Crippen molar-refractivity contribution in [3.8, 4) is 0 Å². The molecule has 0 bridgehead atoms. The number of rotatable bonds is 4. The molecule has 0 radical (unpaired) electrons. The molecule has 0 amide bonds. The molecule has 1 aromatic carbocycles. The monoisotopic (exact) mass is 321 g/mol. The first-order valence-electron chi connectivity index (χ1n) is 6.77. The van der Waals surface area contributed by atoms with Crippen LogP contribution >= 0.6 is 22.9 Å². The van der Waals surface area contributed by atoms with Gasteiger partial charge in [-0.3, -0.25) is 0 Å². The maximum Gasteiger partial charge on any atom is 0.208 e. The van der Waals surface area contributed by atoms with Crippen LogP contribution in [-0.4, -0.2) is 30.4 Å². The highest BCUT2D eigenvalue weighted by Crippen LogP contribution is 2.28. The third-order valence-electron chi connectivity index (χ3n) is 3.42. The lowest BCUT2D eigenvalue weighted by molar-refractivity contribution is 0.184. The Labute approximate surface area is 133 Å². The van der Waals surface area contributed by atoms with Crippen LogP contribution in [-0.2, 0) is 11.3 Å². The van der Waals surface area contributed by atoms with E-state index in [1.165, 1.54) is 11.1 Å². The van der Waals surface area contributed by atoms with Crippen LogP contribution in [0.25, 0.3) is 5.57 Å². The summed E-state index contributed by atoms with van der Waals surface area (Å²) in [5.41, 5.74) is 2.61. The Hall–Kier alpha value is -1.43. The van der Waals surface area contributed by atoms with E-state index in [0.717, 1.165) is 34.7 Å².